The van der Waals surface area contributed by atoms with Gasteiger partial charge in [-0.3, -0.25) is 19.4 Å². The van der Waals surface area contributed by atoms with Crippen molar-refractivity contribution in [1.29, 1.82) is 0 Å². The number of hydrogen-bond acceptors (Lipinski definition) is 7. The molecule has 0 unspecified atom stereocenters. The van der Waals surface area contributed by atoms with Crippen LogP contribution in [0.25, 0.3) is 0 Å². The number of ether oxygens (including phenoxy) is 2. The first-order valence-electron chi connectivity index (χ1n) is 11.2. The van der Waals surface area contributed by atoms with Gasteiger partial charge >= 0.3 is 0 Å². The van der Waals surface area contributed by atoms with Crippen molar-refractivity contribution in [2.24, 2.45) is 0 Å². The molecule has 0 spiro atoms. The lowest BCUT2D eigenvalue weighted by Gasteiger charge is -2.17. The Balaban J connectivity index is 1.65. The minimum absolute atomic E-state index is 0.0121. The summed E-state index contributed by atoms with van der Waals surface area (Å²) in [5, 5.41) is 8.24. The molecule has 0 fully saturated rings. The molecule has 0 radical (unpaired) electrons. The van der Waals surface area contributed by atoms with Crippen molar-refractivity contribution in [1.82, 2.24) is 10.3 Å². The molecule has 2 heterocycles. The van der Waals surface area contributed by atoms with Crippen LogP contribution < -0.4 is 25.4 Å². The van der Waals surface area contributed by atoms with Gasteiger partial charge in [-0.25, -0.2) is 0 Å². The quantitative estimate of drug-likeness (QED) is 0.360. The fourth-order valence-electron chi connectivity index (χ4n) is 3.12. The maximum absolute atomic E-state index is 12.6. The molecule has 0 saturated carbocycles. The summed E-state index contributed by atoms with van der Waals surface area (Å²) in [5.41, 5.74) is 1.46. The second-order valence-electron chi connectivity index (χ2n) is 7.29. The number of pyridine rings is 1. The molecule has 10 heteroatoms. The van der Waals surface area contributed by atoms with E-state index in [1.165, 1.54) is 6.26 Å². The zero-order valence-corrected chi connectivity index (χ0v) is 19.6. The molecule has 0 saturated heterocycles. The number of nitrogens with zero attached hydrogens (tertiary/aromatic N) is 1. The fraction of sp³-hybridized carbons (Fsp3) is 0.280. The molecule has 3 amide bonds. The molecule has 0 atom stereocenters. The van der Waals surface area contributed by atoms with Crippen LogP contribution in [-0.4, -0.2) is 35.9 Å². The Bertz CT molecular complexity index is 1130. The lowest BCUT2D eigenvalue weighted by Crippen LogP contribution is -2.24. The fourth-order valence-corrected chi connectivity index (χ4v) is 3.12. The molecule has 3 rings (SSSR count). The highest BCUT2D eigenvalue weighted by atomic mass is 16.5. The van der Waals surface area contributed by atoms with Crippen LogP contribution in [0.3, 0.4) is 0 Å². The molecular formula is C25H28N4O6. The standard InChI is InChI=1S/C25H28N4O6/c1-3-33-21-15-19(29-25(32)20-9-7-13-35-20)22(34-4-2)14-18(21)28-24(31)11-10-23(30)27-16-17-8-5-6-12-26-17/h5-9,12-15H,3-4,10-11,16H2,1-2H3,(H,27,30)(H,28,31)(H,29,32). The minimum Gasteiger partial charge on any atom is -0.492 e. The summed E-state index contributed by atoms with van der Waals surface area (Å²) in [6.07, 6.45) is 3.04. The van der Waals surface area contributed by atoms with Crippen molar-refractivity contribution in [3.05, 3.63) is 66.4 Å². The summed E-state index contributed by atoms with van der Waals surface area (Å²) < 4.78 is 16.5. The van der Waals surface area contributed by atoms with Crippen LogP contribution in [0.4, 0.5) is 11.4 Å². The molecule has 1 aromatic carbocycles. The highest BCUT2D eigenvalue weighted by Gasteiger charge is 2.18. The Morgan fingerprint density at radius 1 is 0.886 bits per heavy atom. The molecular weight excluding hydrogens is 452 g/mol. The topological polar surface area (TPSA) is 132 Å². The Morgan fingerprint density at radius 2 is 1.57 bits per heavy atom. The number of nitrogens with one attached hydrogen (secondary N) is 3. The summed E-state index contributed by atoms with van der Waals surface area (Å²) in [5.74, 6) is -0.246. The van der Waals surface area contributed by atoms with E-state index in [0.29, 0.717) is 42.6 Å². The van der Waals surface area contributed by atoms with E-state index in [1.807, 2.05) is 6.07 Å². The van der Waals surface area contributed by atoms with Gasteiger partial charge in [0.1, 0.15) is 11.5 Å². The molecule has 0 aliphatic rings. The number of hydrogen-bond donors (Lipinski definition) is 3. The normalized spacial score (nSPS) is 10.3. The first-order valence-corrected chi connectivity index (χ1v) is 11.2. The third-order valence-corrected chi connectivity index (χ3v) is 4.72. The van der Waals surface area contributed by atoms with Gasteiger partial charge in [0.25, 0.3) is 5.91 Å². The van der Waals surface area contributed by atoms with E-state index in [1.54, 1.807) is 56.4 Å². The molecule has 35 heavy (non-hydrogen) atoms. The van der Waals surface area contributed by atoms with Gasteiger partial charge < -0.3 is 29.8 Å². The van der Waals surface area contributed by atoms with Crippen molar-refractivity contribution >= 4 is 29.1 Å². The van der Waals surface area contributed by atoms with Gasteiger partial charge in [-0.05, 0) is 38.1 Å². The second kappa shape index (κ2) is 12.8. The molecule has 3 aromatic rings. The summed E-state index contributed by atoms with van der Waals surface area (Å²) in [6.45, 7) is 4.56. The molecule has 0 aliphatic carbocycles. The largest absolute Gasteiger partial charge is 0.492 e. The SMILES string of the molecule is CCOc1cc(NC(=O)c2ccco2)c(OCC)cc1NC(=O)CCC(=O)NCc1ccccn1. The zero-order valence-electron chi connectivity index (χ0n) is 19.6. The predicted octanol–water partition coefficient (Wildman–Crippen LogP) is 3.76. The van der Waals surface area contributed by atoms with E-state index in [0.717, 1.165) is 5.69 Å². The lowest BCUT2D eigenvalue weighted by atomic mass is 10.2. The number of carbonyl (C=O) groups is 3. The first kappa shape index (κ1) is 25.3. The van der Waals surface area contributed by atoms with Crippen molar-refractivity contribution in [3.8, 4) is 11.5 Å². The van der Waals surface area contributed by atoms with Gasteiger partial charge in [-0.15, -0.1) is 0 Å². The third kappa shape index (κ3) is 7.60. The monoisotopic (exact) mass is 480 g/mol. The van der Waals surface area contributed by atoms with Crippen LogP contribution in [0.2, 0.25) is 0 Å². The highest BCUT2D eigenvalue weighted by Crippen LogP contribution is 2.37. The molecule has 184 valence electrons. The second-order valence-corrected chi connectivity index (χ2v) is 7.29. The number of rotatable bonds is 12. The summed E-state index contributed by atoms with van der Waals surface area (Å²) in [7, 11) is 0. The van der Waals surface area contributed by atoms with E-state index in [9.17, 15) is 14.4 Å². The molecule has 0 aliphatic heterocycles. The van der Waals surface area contributed by atoms with Crippen LogP contribution in [0.15, 0.2) is 59.3 Å². The van der Waals surface area contributed by atoms with Gasteiger partial charge in [0.15, 0.2) is 5.76 Å². The predicted molar refractivity (Wildman–Crippen MR) is 129 cm³/mol. The van der Waals surface area contributed by atoms with E-state index in [4.69, 9.17) is 13.9 Å². The summed E-state index contributed by atoms with van der Waals surface area (Å²) >= 11 is 0. The van der Waals surface area contributed by atoms with Crippen LogP contribution in [-0.2, 0) is 16.1 Å². The Kier molecular flexibility index (Phi) is 9.23. The summed E-state index contributed by atoms with van der Waals surface area (Å²) in [6, 6.07) is 11.7. The van der Waals surface area contributed by atoms with Crippen LogP contribution in [0.1, 0.15) is 42.9 Å². The van der Waals surface area contributed by atoms with E-state index in [-0.39, 0.29) is 30.4 Å². The third-order valence-electron chi connectivity index (χ3n) is 4.72. The smallest absolute Gasteiger partial charge is 0.291 e. The van der Waals surface area contributed by atoms with E-state index < -0.39 is 5.91 Å². The molecule has 2 aromatic heterocycles. The van der Waals surface area contributed by atoms with E-state index >= 15 is 0 Å². The minimum atomic E-state index is -0.452. The number of amides is 3. The number of aromatic nitrogens is 1. The number of anilines is 2. The Hall–Kier alpha value is -4.34. The highest BCUT2D eigenvalue weighted by molar-refractivity contribution is 6.04. The Labute approximate surface area is 203 Å². The van der Waals surface area contributed by atoms with Crippen molar-refractivity contribution in [3.63, 3.8) is 0 Å². The zero-order chi connectivity index (χ0) is 25.0. The molecule has 0 bridgehead atoms. The van der Waals surface area contributed by atoms with Gasteiger partial charge in [-0.1, -0.05) is 6.07 Å². The lowest BCUT2D eigenvalue weighted by molar-refractivity contribution is -0.124. The van der Waals surface area contributed by atoms with Crippen LogP contribution >= 0.6 is 0 Å². The van der Waals surface area contributed by atoms with Crippen molar-refractivity contribution in [2.75, 3.05) is 23.8 Å². The van der Waals surface area contributed by atoms with E-state index in [2.05, 4.69) is 20.9 Å². The number of benzene rings is 1. The first-order chi connectivity index (χ1) is 17.0. The van der Waals surface area contributed by atoms with Crippen molar-refractivity contribution in [2.45, 2.75) is 33.2 Å². The van der Waals surface area contributed by atoms with Crippen LogP contribution in [0, 0.1) is 0 Å². The van der Waals surface area contributed by atoms with Gasteiger partial charge in [0.05, 0.1) is 43.1 Å². The van der Waals surface area contributed by atoms with Crippen molar-refractivity contribution < 1.29 is 28.3 Å². The van der Waals surface area contributed by atoms with Gasteiger partial charge in [0.2, 0.25) is 11.8 Å². The molecule has 10 nitrogen and oxygen atoms in total. The van der Waals surface area contributed by atoms with Gasteiger partial charge in [0, 0.05) is 31.2 Å². The average molecular weight is 481 g/mol. The maximum Gasteiger partial charge on any atom is 0.291 e. The maximum atomic E-state index is 12.6. The molecule has 3 N–H and O–H groups in total. The Morgan fingerprint density at radius 3 is 2.17 bits per heavy atom. The summed E-state index contributed by atoms with van der Waals surface area (Å²) in [4.78, 5) is 41.3. The average Bonchev–Trinajstić information content (AvgIpc) is 3.40. The number of furan rings is 1. The number of carbonyl (C=O) groups excluding carboxylic acids is 3. The van der Waals surface area contributed by atoms with Crippen LogP contribution in [0.5, 0.6) is 11.5 Å². The van der Waals surface area contributed by atoms with Gasteiger partial charge in [-0.2, -0.15) is 0 Å².